The molecule has 0 aromatic rings. The van der Waals surface area contributed by atoms with Crippen molar-refractivity contribution in [3.63, 3.8) is 0 Å². The molecule has 0 radical (unpaired) electrons. The van der Waals surface area contributed by atoms with Crippen LogP contribution in [0.4, 0.5) is 0 Å². The van der Waals surface area contributed by atoms with Crippen LogP contribution in [-0.2, 0) is 18.9 Å². The Hall–Kier alpha value is -1.56. The van der Waals surface area contributed by atoms with Crippen LogP contribution in [0.25, 0.3) is 0 Å². The van der Waals surface area contributed by atoms with E-state index in [2.05, 4.69) is 17.8 Å². The number of ether oxygens (including phenoxy) is 4. The summed E-state index contributed by atoms with van der Waals surface area (Å²) in [7, 11) is 0. The second-order valence-corrected chi connectivity index (χ2v) is 4.19. The number of rotatable bonds is 7. The Morgan fingerprint density at radius 1 is 0.857 bits per heavy atom. The molecular formula is C15H18O6. The number of hydrogen-bond acceptors (Lipinski definition) is 6. The molecule has 6 nitrogen and oxygen atoms in total. The van der Waals surface area contributed by atoms with E-state index in [1.165, 1.54) is 0 Å². The van der Waals surface area contributed by atoms with Gasteiger partial charge in [0.1, 0.15) is 44.2 Å². The third-order valence-corrected chi connectivity index (χ3v) is 2.87. The minimum atomic E-state index is -1.33. The van der Waals surface area contributed by atoms with Gasteiger partial charge < -0.3 is 29.2 Å². The first-order valence-electron chi connectivity index (χ1n) is 6.29. The molecule has 0 aromatic carbocycles. The summed E-state index contributed by atoms with van der Waals surface area (Å²) in [6, 6.07) is 0. The molecule has 1 heterocycles. The molecule has 21 heavy (non-hydrogen) atoms. The Morgan fingerprint density at radius 2 is 1.33 bits per heavy atom. The molecule has 1 rings (SSSR count). The Balaban J connectivity index is 2.92. The fraction of sp³-hybridized carbons (Fsp3) is 0.600. The van der Waals surface area contributed by atoms with E-state index in [0.29, 0.717) is 0 Å². The quantitative estimate of drug-likeness (QED) is 0.572. The van der Waals surface area contributed by atoms with Crippen molar-refractivity contribution in [2.45, 2.75) is 30.7 Å². The fourth-order valence-corrected chi connectivity index (χ4v) is 2.04. The molecule has 0 unspecified atom stereocenters. The molecule has 0 aliphatic carbocycles. The van der Waals surface area contributed by atoms with E-state index in [4.69, 9.17) is 38.2 Å². The lowest BCUT2D eigenvalue weighted by Gasteiger charge is -2.43. The summed E-state index contributed by atoms with van der Waals surface area (Å²) in [5.74, 6) is 6.92. The van der Waals surface area contributed by atoms with Gasteiger partial charge in [-0.05, 0) is 0 Å². The van der Waals surface area contributed by atoms with Crippen molar-refractivity contribution >= 4 is 0 Å². The van der Waals surface area contributed by atoms with Crippen LogP contribution in [0.3, 0.4) is 0 Å². The van der Waals surface area contributed by atoms with Gasteiger partial charge in [0.2, 0.25) is 0 Å². The van der Waals surface area contributed by atoms with Crippen LogP contribution in [0.15, 0.2) is 0 Å². The van der Waals surface area contributed by atoms with Gasteiger partial charge in [-0.15, -0.1) is 19.3 Å². The molecule has 1 saturated heterocycles. The maximum Gasteiger partial charge on any atom is 0.184 e. The van der Waals surface area contributed by atoms with Crippen molar-refractivity contribution in [3.8, 4) is 37.0 Å². The molecule has 0 aromatic heterocycles. The average molecular weight is 294 g/mol. The van der Waals surface area contributed by atoms with Crippen LogP contribution in [0.1, 0.15) is 0 Å². The van der Waals surface area contributed by atoms with Gasteiger partial charge in [0.15, 0.2) is 6.29 Å². The lowest BCUT2D eigenvalue weighted by molar-refractivity contribution is -0.305. The van der Waals surface area contributed by atoms with Crippen molar-refractivity contribution in [2.24, 2.45) is 0 Å². The highest BCUT2D eigenvalue weighted by Gasteiger charge is 2.47. The monoisotopic (exact) mass is 294 g/mol. The zero-order valence-electron chi connectivity index (χ0n) is 11.5. The average Bonchev–Trinajstić information content (AvgIpc) is 2.50. The zero-order chi connectivity index (χ0) is 15.7. The van der Waals surface area contributed by atoms with Crippen molar-refractivity contribution in [1.82, 2.24) is 0 Å². The van der Waals surface area contributed by atoms with Crippen molar-refractivity contribution in [2.75, 3.05) is 26.4 Å². The van der Waals surface area contributed by atoms with Crippen molar-refractivity contribution in [1.29, 1.82) is 0 Å². The summed E-state index contributed by atoms with van der Waals surface area (Å²) in [6.07, 6.45) is 10.9. The second-order valence-electron chi connectivity index (χ2n) is 4.19. The van der Waals surface area contributed by atoms with E-state index in [1.54, 1.807) is 0 Å². The van der Waals surface area contributed by atoms with Crippen molar-refractivity contribution in [3.05, 3.63) is 0 Å². The third kappa shape index (κ3) is 4.74. The topological polar surface area (TPSA) is 77.4 Å². The molecule has 0 spiro atoms. The largest absolute Gasteiger partial charge is 0.394 e. The SMILES string of the molecule is C#CCO[C@@H]1[C@@H](OCC#C)[C@@H](O)O[C@H](CO)[C@H]1OCC#C. The lowest BCUT2D eigenvalue weighted by atomic mass is 9.98. The van der Waals surface area contributed by atoms with Crippen LogP contribution in [0.2, 0.25) is 0 Å². The molecule has 0 bridgehead atoms. The Labute approximate surface area is 124 Å². The number of aliphatic hydroxyl groups excluding tert-OH is 2. The van der Waals surface area contributed by atoms with Crippen LogP contribution in [-0.4, -0.2) is 67.3 Å². The normalized spacial score (nSPS) is 31.9. The summed E-state index contributed by atoms with van der Waals surface area (Å²) in [4.78, 5) is 0. The van der Waals surface area contributed by atoms with E-state index in [9.17, 15) is 10.2 Å². The highest BCUT2D eigenvalue weighted by molar-refractivity contribution is 4.96. The number of terminal acetylenes is 3. The summed E-state index contributed by atoms with van der Waals surface area (Å²) in [6.45, 7) is -0.476. The van der Waals surface area contributed by atoms with E-state index in [-0.39, 0.29) is 26.4 Å². The highest BCUT2D eigenvalue weighted by atomic mass is 16.7. The second kappa shape index (κ2) is 9.39. The summed E-state index contributed by atoms with van der Waals surface area (Å²) in [5.41, 5.74) is 0. The minimum Gasteiger partial charge on any atom is -0.394 e. The zero-order valence-corrected chi connectivity index (χ0v) is 11.5. The fourth-order valence-electron chi connectivity index (χ4n) is 2.04. The summed E-state index contributed by atoms with van der Waals surface area (Å²) >= 11 is 0. The van der Waals surface area contributed by atoms with Crippen molar-refractivity contribution < 1.29 is 29.2 Å². The van der Waals surface area contributed by atoms with Gasteiger partial charge in [-0.3, -0.25) is 0 Å². The Kier molecular flexibility index (Phi) is 7.82. The third-order valence-electron chi connectivity index (χ3n) is 2.87. The van der Waals surface area contributed by atoms with Gasteiger partial charge in [0.05, 0.1) is 6.61 Å². The van der Waals surface area contributed by atoms with Gasteiger partial charge >= 0.3 is 0 Å². The molecular weight excluding hydrogens is 276 g/mol. The first kappa shape index (κ1) is 17.5. The van der Waals surface area contributed by atoms with E-state index < -0.39 is 30.7 Å². The Bertz CT molecular complexity index is 429. The molecule has 0 saturated carbocycles. The van der Waals surface area contributed by atoms with E-state index in [0.717, 1.165) is 0 Å². The van der Waals surface area contributed by atoms with Gasteiger partial charge in [0.25, 0.3) is 0 Å². The highest BCUT2D eigenvalue weighted by Crippen LogP contribution is 2.26. The van der Waals surface area contributed by atoms with Crippen LogP contribution >= 0.6 is 0 Å². The van der Waals surface area contributed by atoms with Gasteiger partial charge in [-0.25, -0.2) is 0 Å². The van der Waals surface area contributed by atoms with Gasteiger partial charge in [-0.2, -0.15) is 0 Å². The molecule has 1 aliphatic rings. The predicted molar refractivity (Wildman–Crippen MR) is 73.7 cm³/mol. The minimum absolute atomic E-state index is 0.0155. The van der Waals surface area contributed by atoms with Gasteiger partial charge in [0, 0.05) is 0 Å². The van der Waals surface area contributed by atoms with E-state index >= 15 is 0 Å². The van der Waals surface area contributed by atoms with Crippen LogP contribution in [0.5, 0.6) is 0 Å². The molecule has 1 aliphatic heterocycles. The number of hydrogen-bond donors (Lipinski definition) is 2. The van der Waals surface area contributed by atoms with Crippen LogP contribution in [0, 0.1) is 37.0 Å². The van der Waals surface area contributed by atoms with Crippen LogP contribution < -0.4 is 0 Å². The Morgan fingerprint density at radius 3 is 1.81 bits per heavy atom. The first-order valence-corrected chi connectivity index (χ1v) is 6.29. The number of aliphatic hydroxyl groups is 2. The van der Waals surface area contributed by atoms with E-state index in [1.807, 2.05) is 0 Å². The molecule has 6 heteroatoms. The molecule has 1 fully saturated rings. The summed E-state index contributed by atoms with van der Waals surface area (Å²) < 4.78 is 21.5. The molecule has 2 N–H and O–H groups in total. The van der Waals surface area contributed by atoms with Gasteiger partial charge in [-0.1, -0.05) is 17.8 Å². The lowest BCUT2D eigenvalue weighted by Crippen LogP contribution is -2.61. The smallest absolute Gasteiger partial charge is 0.184 e. The predicted octanol–water partition coefficient (Wildman–Crippen LogP) is -1.25. The molecule has 5 atom stereocenters. The molecule has 0 amide bonds. The molecule has 114 valence electrons. The maximum atomic E-state index is 9.96. The standard InChI is InChI=1S/C15H18O6/c1-4-7-18-12-11(10-16)21-15(17)14(20-9-6-3)13(12)19-8-5-2/h1-3,11-17H,7-10H2/t11-,12-,13+,14-,15+/m1/s1. The summed E-state index contributed by atoms with van der Waals surface area (Å²) in [5, 5.41) is 19.3. The maximum absolute atomic E-state index is 9.96. The first-order chi connectivity index (χ1) is 10.2.